The largest absolute Gasteiger partial charge is 0.367 e. The zero-order valence-corrected chi connectivity index (χ0v) is 10.9. The van der Waals surface area contributed by atoms with Crippen LogP contribution < -0.4 is 0 Å². The van der Waals surface area contributed by atoms with Gasteiger partial charge in [0.2, 0.25) is 0 Å². The number of aryl methyl sites for hydroxylation is 1. The van der Waals surface area contributed by atoms with E-state index in [-0.39, 0.29) is 18.2 Å². The van der Waals surface area contributed by atoms with Gasteiger partial charge >= 0.3 is 0 Å². The number of hydrogen-bond donors (Lipinski definition) is 1. The molecule has 0 bridgehead atoms. The fourth-order valence-electron chi connectivity index (χ4n) is 2.88. The van der Waals surface area contributed by atoms with E-state index < -0.39 is 5.60 Å². The van der Waals surface area contributed by atoms with Crippen LogP contribution in [-0.2, 0) is 9.53 Å². The molecule has 2 aliphatic rings. The average Bonchev–Trinajstić information content (AvgIpc) is 3.02. The first-order valence-electron chi connectivity index (χ1n) is 6.59. The number of aromatic amines is 1. The molecule has 0 aromatic carbocycles. The molecular formula is C13H17N3O3. The van der Waals surface area contributed by atoms with Crippen LogP contribution in [0.15, 0.2) is 6.20 Å². The third-order valence-corrected chi connectivity index (χ3v) is 4.08. The summed E-state index contributed by atoms with van der Waals surface area (Å²) in [7, 11) is 0. The van der Waals surface area contributed by atoms with E-state index in [1.807, 2.05) is 0 Å². The van der Waals surface area contributed by atoms with Crippen LogP contribution in [0.4, 0.5) is 0 Å². The lowest BCUT2D eigenvalue weighted by Crippen LogP contribution is -2.53. The fourth-order valence-corrected chi connectivity index (χ4v) is 2.88. The van der Waals surface area contributed by atoms with Gasteiger partial charge in [-0.2, -0.15) is 5.10 Å². The highest BCUT2D eigenvalue weighted by molar-refractivity contribution is 6.00. The molecule has 2 fully saturated rings. The SMILES string of the molecule is Cc1[nH]ncc1C(=O)N1CCC2(CCCO2)C(=O)C1. The van der Waals surface area contributed by atoms with Crippen LogP contribution in [-0.4, -0.2) is 52.1 Å². The third-order valence-electron chi connectivity index (χ3n) is 4.08. The molecule has 19 heavy (non-hydrogen) atoms. The standard InChI is InChI=1S/C13H17N3O3/c1-9-10(7-14-15-9)12(18)16-5-4-13(11(17)8-16)3-2-6-19-13/h7H,2-6,8H2,1H3,(H,14,15). The van der Waals surface area contributed by atoms with Gasteiger partial charge in [-0.05, 0) is 19.8 Å². The average molecular weight is 263 g/mol. The van der Waals surface area contributed by atoms with Gasteiger partial charge in [-0.25, -0.2) is 0 Å². The summed E-state index contributed by atoms with van der Waals surface area (Å²) in [6.07, 6.45) is 3.84. The first-order valence-corrected chi connectivity index (χ1v) is 6.59. The Hall–Kier alpha value is -1.69. The van der Waals surface area contributed by atoms with E-state index in [0.29, 0.717) is 25.1 Å². The van der Waals surface area contributed by atoms with Crippen LogP contribution in [0.5, 0.6) is 0 Å². The van der Waals surface area contributed by atoms with E-state index in [9.17, 15) is 9.59 Å². The van der Waals surface area contributed by atoms with Crippen molar-refractivity contribution in [3.8, 4) is 0 Å². The van der Waals surface area contributed by atoms with Gasteiger partial charge in [-0.3, -0.25) is 14.7 Å². The van der Waals surface area contributed by atoms with Gasteiger partial charge in [0.1, 0.15) is 5.60 Å². The smallest absolute Gasteiger partial charge is 0.257 e. The number of rotatable bonds is 1. The molecule has 0 saturated carbocycles. The van der Waals surface area contributed by atoms with Crippen molar-refractivity contribution in [2.75, 3.05) is 19.7 Å². The normalized spacial score (nSPS) is 27.2. The van der Waals surface area contributed by atoms with E-state index in [0.717, 1.165) is 18.5 Å². The summed E-state index contributed by atoms with van der Waals surface area (Å²) in [5.74, 6) is -0.0989. The molecule has 102 valence electrons. The van der Waals surface area contributed by atoms with Crippen LogP contribution in [0.2, 0.25) is 0 Å². The molecule has 2 saturated heterocycles. The van der Waals surface area contributed by atoms with Gasteiger partial charge in [0.15, 0.2) is 5.78 Å². The number of ketones is 1. The summed E-state index contributed by atoms with van der Waals surface area (Å²) < 4.78 is 5.63. The van der Waals surface area contributed by atoms with Crippen molar-refractivity contribution in [3.05, 3.63) is 17.5 Å². The minimum absolute atomic E-state index is 0.0331. The Balaban J connectivity index is 1.74. The highest BCUT2D eigenvalue weighted by atomic mass is 16.5. The number of carbonyl (C=O) groups excluding carboxylic acids is 2. The van der Waals surface area contributed by atoms with Crippen molar-refractivity contribution in [3.63, 3.8) is 0 Å². The van der Waals surface area contributed by atoms with Crippen LogP contribution in [0.3, 0.4) is 0 Å². The Bertz CT molecular complexity index is 517. The van der Waals surface area contributed by atoms with Gasteiger partial charge in [-0.15, -0.1) is 0 Å². The van der Waals surface area contributed by atoms with Crippen LogP contribution in [0.1, 0.15) is 35.3 Å². The number of nitrogens with one attached hydrogen (secondary N) is 1. The molecule has 2 aliphatic heterocycles. The van der Waals surface area contributed by atoms with Gasteiger partial charge in [-0.1, -0.05) is 0 Å². The third kappa shape index (κ3) is 1.96. The maximum absolute atomic E-state index is 12.3. The Morgan fingerprint density at radius 2 is 2.37 bits per heavy atom. The second-order valence-corrected chi connectivity index (χ2v) is 5.25. The number of ether oxygens (including phenoxy) is 1. The number of hydrogen-bond acceptors (Lipinski definition) is 4. The van der Waals surface area contributed by atoms with Gasteiger partial charge in [0, 0.05) is 25.3 Å². The Morgan fingerprint density at radius 1 is 1.53 bits per heavy atom. The maximum atomic E-state index is 12.3. The van der Waals surface area contributed by atoms with Crippen molar-refractivity contribution in [2.24, 2.45) is 0 Å². The zero-order valence-electron chi connectivity index (χ0n) is 10.9. The van der Waals surface area contributed by atoms with E-state index >= 15 is 0 Å². The lowest BCUT2D eigenvalue weighted by Gasteiger charge is -2.37. The molecule has 1 N–H and O–H groups in total. The maximum Gasteiger partial charge on any atom is 0.257 e. The molecule has 1 aromatic rings. The number of aromatic nitrogens is 2. The molecule has 1 unspecified atom stereocenters. The van der Waals surface area contributed by atoms with E-state index in [1.165, 1.54) is 6.20 Å². The Labute approximate surface area is 111 Å². The number of amides is 1. The summed E-state index contributed by atoms with van der Waals surface area (Å²) >= 11 is 0. The number of piperidine rings is 1. The Morgan fingerprint density at radius 3 is 2.95 bits per heavy atom. The molecule has 0 radical (unpaired) electrons. The minimum atomic E-state index is -0.609. The van der Waals surface area contributed by atoms with Gasteiger partial charge in [0.25, 0.3) is 5.91 Å². The van der Waals surface area contributed by atoms with Crippen molar-refractivity contribution in [2.45, 2.75) is 31.8 Å². The van der Waals surface area contributed by atoms with Crippen molar-refractivity contribution < 1.29 is 14.3 Å². The second-order valence-electron chi connectivity index (χ2n) is 5.25. The number of likely N-dealkylation sites (tertiary alicyclic amines) is 1. The molecule has 1 amide bonds. The fraction of sp³-hybridized carbons (Fsp3) is 0.615. The topological polar surface area (TPSA) is 75.3 Å². The molecule has 3 rings (SSSR count). The first kappa shape index (κ1) is 12.3. The van der Waals surface area contributed by atoms with Gasteiger partial charge in [0.05, 0.1) is 18.3 Å². The number of nitrogens with zero attached hydrogens (tertiary/aromatic N) is 2. The lowest BCUT2D eigenvalue weighted by molar-refractivity contribution is -0.144. The summed E-state index contributed by atoms with van der Waals surface area (Å²) in [6, 6.07) is 0. The van der Waals surface area contributed by atoms with Crippen molar-refractivity contribution >= 4 is 11.7 Å². The molecule has 1 atom stereocenters. The molecule has 1 spiro atoms. The molecule has 6 nitrogen and oxygen atoms in total. The predicted octanol–water partition coefficient (Wildman–Crippen LogP) is 0.682. The number of H-pyrrole nitrogens is 1. The number of carbonyl (C=O) groups is 2. The molecule has 1 aromatic heterocycles. The molecule has 0 aliphatic carbocycles. The van der Waals surface area contributed by atoms with E-state index in [1.54, 1.807) is 11.8 Å². The summed E-state index contributed by atoms with van der Waals surface area (Å²) in [5.41, 5.74) is 0.660. The highest BCUT2D eigenvalue weighted by Gasteiger charge is 2.46. The first-order chi connectivity index (χ1) is 9.12. The van der Waals surface area contributed by atoms with Crippen molar-refractivity contribution in [1.82, 2.24) is 15.1 Å². The summed E-state index contributed by atoms with van der Waals surface area (Å²) in [6.45, 7) is 3.16. The van der Waals surface area contributed by atoms with E-state index in [2.05, 4.69) is 10.2 Å². The highest BCUT2D eigenvalue weighted by Crippen LogP contribution is 2.33. The summed E-state index contributed by atoms with van der Waals surface area (Å²) in [4.78, 5) is 26.1. The van der Waals surface area contributed by atoms with Crippen LogP contribution in [0.25, 0.3) is 0 Å². The molecular weight excluding hydrogens is 246 g/mol. The predicted molar refractivity (Wildman–Crippen MR) is 66.8 cm³/mol. The Kier molecular flexibility index (Phi) is 2.89. The zero-order chi connectivity index (χ0) is 13.5. The minimum Gasteiger partial charge on any atom is -0.367 e. The lowest BCUT2D eigenvalue weighted by atomic mass is 9.87. The van der Waals surface area contributed by atoms with Crippen LogP contribution in [0, 0.1) is 6.92 Å². The van der Waals surface area contributed by atoms with Crippen molar-refractivity contribution in [1.29, 1.82) is 0 Å². The monoisotopic (exact) mass is 263 g/mol. The van der Waals surface area contributed by atoms with Gasteiger partial charge < -0.3 is 9.64 Å². The summed E-state index contributed by atoms with van der Waals surface area (Å²) in [5, 5.41) is 6.59. The van der Waals surface area contributed by atoms with E-state index in [4.69, 9.17) is 4.74 Å². The number of Topliss-reactive ketones (excluding diaryl/α,β-unsaturated/α-hetero) is 1. The quantitative estimate of drug-likeness (QED) is 0.808. The van der Waals surface area contributed by atoms with Crippen LogP contribution >= 0.6 is 0 Å². The second kappa shape index (κ2) is 4.45. The molecule has 3 heterocycles. The molecule has 6 heteroatoms.